The number of carbonyl (C=O) groups is 1. The quantitative estimate of drug-likeness (QED) is 0.575. The van der Waals surface area contributed by atoms with Gasteiger partial charge >= 0.3 is 6.09 Å². The van der Waals surface area contributed by atoms with E-state index in [1.54, 1.807) is 0 Å². The van der Waals surface area contributed by atoms with Gasteiger partial charge in [0.1, 0.15) is 6.10 Å². The Balaban J connectivity index is 2.35. The van der Waals surface area contributed by atoms with Gasteiger partial charge in [-0.3, -0.25) is 0 Å². The third-order valence-corrected chi connectivity index (χ3v) is 2.13. The van der Waals surface area contributed by atoms with Gasteiger partial charge in [0.25, 0.3) is 0 Å². The summed E-state index contributed by atoms with van der Waals surface area (Å²) in [6, 6.07) is 0. The zero-order chi connectivity index (χ0) is 8.97. The maximum atomic E-state index is 10.4. The molecule has 1 aliphatic rings. The maximum absolute atomic E-state index is 10.4. The SMILES string of the molecule is NC(=O)O[C@@H]1CCCC[C@H](O)C1. The smallest absolute Gasteiger partial charge is 0.404 e. The van der Waals surface area contributed by atoms with Crippen LogP contribution < -0.4 is 5.73 Å². The van der Waals surface area contributed by atoms with Crippen LogP contribution in [0.3, 0.4) is 0 Å². The number of aliphatic hydroxyl groups excluding tert-OH is 1. The minimum Gasteiger partial charge on any atom is -0.446 e. The molecule has 4 heteroatoms. The fourth-order valence-electron chi connectivity index (χ4n) is 1.56. The van der Waals surface area contributed by atoms with E-state index in [0.717, 1.165) is 25.7 Å². The number of rotatable bonds is 1. The van der Waals surface area contributed by atoms with E-state index in [1.807, 2.05) is 0 Å². The van der Waals surface area contributed by atoms with E-state index in [1.165, 1.54) is 0 Å². The molecule has 3 N–H and O–H groups in total. The molecule has 0 heterocycles. The first-order valence-electron chi connectivity index (χ1n) is 4.32. The van der Waals surface area contributed by atoms with E-state index in [2.05, 4.69) is 0 Å². The highest BCUT2D eigenvalue weighted by Gasteiger charge is 2.20. The molecule has 0 bridgehead atoms. The van der Waals surface area contributed by atoms with Gasteiger partial charge in [0.2, 0.25) is 0 Å². The van der Waals surface area contributed by atoms with Crippen LogP contribution in [0.2, 0.25) is 0 Å². The Morgan fingerprint density at radius 3 is 2.75 bits per heavy atom. The molecule has 0 radical (unpaired) electrons. The van der Waals surface area contributed by atoms with Crippen molar-refractivity contribution in [2.45, 2.75) is 44.3 Å². The zero-order valence-corrected chi connectivity index (χ0v) is 7.03. The highest BCUT2D eigenvalue weighted by molar-refractivity contribution is 5.64. The molecule has 1 aliphatic carbocycles. The summed E-state index contributed by atoms with van der Waals surface area (Å²) in [5.74, 6) is 0. The van der Waals surface area contributed by atoms with Gasteiger partial charge in [-0.1, -0.05) is 6.42 Å². The number of primary amides is 1. The van der Waals surface area contributed by atoms with Crippen molar-refractivity contribution in [2.24, 2.45) is 5.73 Å². The average Bonchev–Trinajstić information content (AvgIpc) is 2.12. The molecular formula is C8H15NO3. The van der Waals surface area contributed by atoms with Crippen molar-refractivity contribution < 1.29 is 14.6 Å². The van der Waals surface area contributed by atoms with Gasteiger partial charge in [-0.05, 0) is 19.3 Å². The highest BCUT2D eigenvalue weighted by atomic mass is 16.6. The van der Waals surface area contributed by atoms with Crippen LogP contribution in [0.5, 0.6) is 0 Å². The molecule has 12 heavy (non-hydrogen) atoms. The standard InChI is InChI=1S/C8H15NO3/c9-8(11)12-7-4-2-1-3-6(10)5-7/h6-7,10H,1-5H2,(H2,9,11)/t6-,7+/m0/s1. The van der Waals surface area contributed by atoms with E-state index in [-0.39, 0.29) is 12.2 Å². The molecule has 70 valence electrons. The number of amides is 1. The van der Waals surface area contributed by atoms with Crippen molar-refractivity contribution in [3.63, 3.8) is 0 Å². The average molecular weight is 173 g/mol. The van der Waals surface area contributed by atoms with Crippen LogP contribution in [0.4, 0.5) is 4.79 Å². The summed E-state index contributed by atoms with van der Waals surface area (Å²) < 4.78 is 4.82. The normalized spacial score (nSPS) is 30.8. The molecule has 0 aromatic rings. The Labute approximate surface area is 71.7 Å². The maximum Gasteiger partial charge on any atom is 0.404 e. The molecule has 0 aliphatic heterocycles. The number of carbonyl (C=O) groups excluding carboxylic acids is 1. The first-order valence-corrected chi connectivity index (χ1v) is 4.32. The largest absolute Gasteiger partial charge is 0.446 e. The molecule has 1 rings (SSSR count). The summed E-state index contributed by atoms with van der Waals surface area (Å²) in [4.78, 5) is 10.4. The molecule has 1 fully saturated rings. The van der Waals surface area contributed by atoms with Crippen LogP contribution >= 0.6 is 0 Å². The van der Waals surface area contributed by atoms with Gasteiger partial charge in [-0.2, -0.15) is 0 Å². The molecule has 1 saturated carbocycles. The molecular weight excluding hydrogens is 158 g/mol. The minimum atomic E-state index is -0.742. The van der Waals surface area contributed by atoms with Crippen molar-refractivity contribution in [1.82, 2.24) is 0 Å². The second kappa shape index (κ2) is 4.30. The van der Waals surface area contributed by atoms with Crippen molar-refractivity contribution >= 4 is 6.09 Å². The Morgan fingerprint density at radius 1 is 1.42 bits per heavy atom. The molecule has 1 amide bonds. The third kappa shape index (κ3) is 3.09. The molecule has 0 unspecified atom stereocenters. The highest BCUT2D eigenvalue weighted by Crippen LogP contribution is 2.20. The minimum absolute atomic E-state index is 0.181. The Morgan fingerprint density at radius 2 is 2.08 bits per heavy atom. The second-order valence-electron chi connectivity index (χ2n) is 3.23. The summed E-state index contributed by atoms with van der Waals surface area (Å²) >= 11 is 0. The fourth-order valence-corrected chi connectivity index (χ4v) is 1.56. The van der Waals surface area contributed by atoms with Crippen LogP contribution in [-0.4, -0.2) is 23.4 Å². The lowest BCUT2D eigenvalue weighted by Crippen LogP contribution is -2.25. The van der Waals surface area contributed by atoms with Gasteiger partial charge in [0, 0.05) is 6.42 Å². The lowest BCUT2D eigenvalue weighted by atomic mass is 10.1. The van der Waals surface area contributed by atoms with E-state index in [4.69, 9.17) is 10.5 Å². The van der Waals surface area contributed by atoms with E-state index >= 15 is 0 Å². The Hall–Kier alpha value is -0.770. The summed E-state index contributed by atoms with van der Waals surface area (Å²) in [6.45, 7) is 0. The van der Waals surface area contributed by atoms with Gasteiger partial charge in [0.15, 0.2) is 0 Å². The van der Waals surface area contributed by atoms with Crippen LogP contribution in [0.1, 0.15) is 32.1 Å². The Bertz CT molecular complexity index is 160. The van der Waals surface area contributed by atoms with E-state index in [0.29, 0.717) is 6.42 Å². The van der Waals surface area contributed by atoms with Gasteiger partial charge in [-0.15, -0.1) is 0 Å². The first-order chi connectivity index (χ1) is 5.68. The van der Waals surface area contributed by atoms with Crippen molar-refractivity contribution in [2.75, 3.05) is 0 Å². The lowest BCUT2D eigenvalue weighted by molar-refractivity contribution is 0.0617. The van der Waals surface area contributed by atoms with Crippen molar-refractivity contribution in [3.05, 3.63) is 0 Å². The van der Waals surface area contributed by atoms with E-state index < -0.39 is 6.09 Å². The fraction of sp³-hybridized carbons (Fsp3) is 0.875. The Kier molecular flexibility index (Phi) is 3.34. The molecule has 0 saturated heterocycles. The summed E-state index contributed by atoms with van der Waals surface area (Å²) in [7, 11) is 0. The molecule has 2 atom stereocenters. The third-order valence-electron chi connectivity index (χ3n) is 2.13. The summed E-state index contributed by atoms with van der Waals surface area (Å²) in [5.41, 5.74) is 4.88. The molecule has 0 aromatic heterocycles. The first kappa shape index (κ1) is 9.32. The monoisotopic (exact) mass is 173 g/mol. The second-order valence-corrected chi connectivity index (χ2v) is 3.23. The van der Waals surface area contributed by atoms with Crippen molar-refractivity contribution in [3.8, 4) is 0 Å². The van der Waals surface area contributed by atoms with E-state index in [9.17, 15) is 9.90 Å². The zero-order valence-electron chi connectivity index (χ0n) is 7.03. The van der Waals surface area contributed by atoms with Gasteiger partial charge < -0.3 is 15.6 Å². The predicted molar refractivity (Wildman–Crippen MR) is 43.5 cm³/mol. The number of hydrogen-bond acceptors (Lipinski definition) is 3. The van der Waals surface area contributed by atoms with Crippen molar-refractivity contribution in [1.29, 1.82) is 0 Å². The summed E-state index contributed by atoms with van der Waals surface area (Å²) in [6.07, 6.45) is 2.89. The predicted octanol–water partition coefficient (Wildman–Crippen LogP) is 0.775. The molecule has 0 spiro atoms. The number of hydrogen-bond donors (Lipinski definition) is 2. The molecule has 0 aromatic carbocycles. The molecule has 4 nitrogen and oxygen atoms in total. The number of ether oxygens (including phenoxy) is 1. The summed E-state index contributed by atoms with van der Waals surface area (Å²) in [5, 5.41) is 9.34. The van der Waals surface area contributed by atoms with Gasteiger partial charge in [0.05, 0.1) is 6.10 Å². The van der Waals surface area contributed by atoms with Crippen LogP contribution in [-0.2, 0) is 4.74 Å². The van der Waals surface area contributed by atoms with Gasteiger partial charge in [-0.25, -0.2) is 4.79 Å². The van der Waals surface area contributed by atoms with Crippen LogP contribution in [0.25, 0.3) is 0 Å². The number of aliphatic hydroxyl groups is 1. The topological polar surface area (TPSA) is 72.6 Å². The lowest BCUT2D eigenvalue weighted by Gasteiger charge is -2.15. The van der Waals surface area contributed by atoms with Crippen LogP contribution in [0.15, 0.2) is 0 Å². The van der Waals surface area contributed by atoms with Crippen LogP contribution in [0, 0.1) is 0 Å². The number of nitrogens with two attached hydrogens (primary N) is 1.